The van der Waals surface area contributed by atoms with E-state index in [1.807, 2.05) is 0 Å². The molecule has 0 aromatic heterocycles. The summed E-state index contributed by atoms with van der Waals surface area (Å²) < 4.78 is 0. The Morgan fingerprint density at radius 1 is 1.30 bits per heavy atom. The third-order valence-electron chi connectivity index (χ3n) is 7.05. The molecule has 0 saturated heterocycles. The van der Waals surface area contributed by atoms with Crippen molar-refractivity contribution in [3.63, 3.8) is 0 Å². The van der Waals surface area contributed by atoms with E-state index < -0.39 is 0 Å². The van der Waals surface area contributed by atoms with Crippen LogP contribution in [0.5, 0.6) is 0 Å². The molecule has 1 N–H and O–H groups in total. The van der Waals surface area contributed by atoms with Crippen LogP contribution >= 0.6 is 11.8 Å². The Morgan fingerprint density at radius 3 is 2.89 bits per heavy atom. The van der Waals surface area contributed by atoms with Crippen LogP contribution in [0.1, 0.15) is 72.1 Å². The standard InChI is InChI=1S/C25H38OS/c1-18(2)14-16-27-17-22-12-13-23-21(8-6-15-25(22,23)4)11-10-20-7-5-9-24(26)19(20)3/h10-12,18,23-24,26H,3,5-9,13-17H2,1-2,4H3/b20-10-,21-11+/t23?,24-,25?/m0/s1. The first-order chi connectivity index (χ1) is 12.9. The van der Waals surface area contributed by atoms with Gasteiger partial charge in [-0.25, -0.2) is 0 Å². The molecule has 3 aliphatic rings. The predicted molar refractivity (Wildman–Crippen MR) is 120 cm³/mol. The number of rotatable bonds is 6. The van der Waals surface area contributed by atoms with Gasteiger partial charge in [-0.1, -0.05) is 56.7 Å². The van der Waals surface area contributed by atoms with Crippen LogP contribution in [0.4, 0.5) is 0 Å². The maximum Gasteiger partial charge on any atom is 0.0787 e. The zero-order valence-electron chi connectivity index (χ0n) is 17.6. The second kappa shape index (κ2) is 9.18. The van der Waals surface area contributed by atoms with Crippen molar-refractivity contribution in [2.45, 2.75) is 78.2 Å². The maximum atomic E-state index is 10.1. The largest absolute Gasteiger partial charge is 0.388 e. The fourth-order valence-electron chi connectivity index (χ4n) is 5.06. The summed E-state index contributed by atoms with van der Waals surface area (Å²) >= 11 is 2.13. The number of hydrogen-bond acceptors (Lipinski definition) is 2. The van der Waals surface area contributed by atoms with Gasteiger partial charge < -0.3 is 5.11 Å². The first kappa shape index (κ1) is 21.0. The number of hydrogen-bond donors (Lipinski definition) is 1. The van der Waals surface area contributed by atoms with E-state index >= 15 is 0 Å². The third-order valence-corrected chi connectivity index (χ3v) is 8.09. The normalized spacial score (nSPS) is 34.4. The smallest absolute Gasteiger partial charge is 0.0787 e. The molecular formula is C25H38OS. The highest BCUT2D eigenvalue weighted by atomic mass is 32.2. The molecule has 0 aliphatic heterocycles. The third kappa shape index (κ3) is 4.82. The van der Waals surface area contributed by atoms with E-state index in [9.17, 15) is 5.11 Å². The molecular weight excluding hydrogens is 348 g/mol. The van der Waals surface area contributed by atoms with E-state index in [0.29, 0.717) is 11.3 Å². The summed E-state index contributed by atoms with van der Waals surface area (Å²) in [6.45, 7) is 11.3. The molecule has 0 aromatic carbocycles. The first-order valence-electron chi connectivity index (χ1n) is 11.0. The Bertz CT molecular complexity index is 639. The molecule has 0 spiro atoms. The number of aliphatic hydroxyl groups excluding tert-OH is 1. The van der Waals surface area contributed by atoms with Gasteiger partial charge in [0, 0.05) is 5.75 Å². The Morgan fingerprint density at radius 2 is 2.11 bits per heavy atom. The van der Waals surface area contributed by atoms with E-state index in [-0.39, 0.29) is 6.10 Å². The summed E-state index contributed by atoms with van der Waals surface area (Å²) in [6, 6.07) is 0. The van der Waals surface area contributed by atoms with Crippen molar-refractivity contribution in [2.24, 2.45) is 17.3 Å². The van der Waals surface area contributed by atoms with Gasteiger partial charge in [-0.05, 0) is 85.5 Å². The van der Waals surface area contributed by atoms with Gasteiger partial charge >= 0.3 is 0 Å². The molecule has 0 heterocycles. The summed E-state index contributed by atoms with van der Waals surface area (Å²) in [5.41, 5.74) is 5.92. The van der Waals surface area contributed by atoms with Gasteiger partial charge in [0.25, 0.3) is 0 Å². The monoisotopic (exact) mass is 386 g/mol. The zero-order chi connectivity index (χ0) is 19.4. The quantitative estimate of drug-likeness (QED) is 0.397. The van der Waals surface area contributed by atoms with Crippen LogP contribution in [0.3, 0.4) is 0 Å². The molecule has 3 aliphatic carbocycles. The predicted octanol–water partition coefficient (Wildman–Crippen LogP) is 6.86. The number of fused-ring (bicyclic) bond motifs is 1. The van der Waals surface area contributed by atoms with Crippen molar-refractivity contribution in [3.05, 3.63) is 47.1 Å². The fourth-order valence-corrected chi connectivity index (χ4v) is 6.51. The second-order valence-corrected chi connectivity index (χ2v) is 10.5. The van der Waals surface area contributed by atoms with Crippen LogP contribution in [0, 0.1) is 17.3 Å². The molecule has 0 aromatic rings. The summed E-state index contributed by atoms with van der Waals surface area (Å²) in [6.07, 6.45) is 16.3. The summed E-state index contributed by atoms with van der Waals surface area (Å²) in [4.78, 5) is 0. The van der Waals surface area contributed by atoms with Gasteiger partial charge in [0.05, 0.1) is 6.10 Å². The lowest BCUT2D eigenvalue weighted by Crippen LogP contribution is -2.31. The highest BCUT2D eigenvalue weighted by molar-refractivity contribution is 7.99. The molecule has 27 heavy (non-hydrogen) atoms. The molecule has 3 rings (SSSR count). The minimum Gasteiger partial charge on any atom is -0.388 e. The van der Waals surface area contributed by atoms with Crippen molar-refractivity contribution in [2.75, 3.05) is 11.5 Å². The van der Waals surface area contributed by atoms with Gasteiger partial charge in [0.1, 0.15) is 0 Å². The molecule has 0 bridgehead atoms. The van der Waals surface area contributed by atoms with Crippen LogP contribution in [-0.2, 0) is 0 Å². The Labute approximate surface area is 171 Å². The van der Waals surface area contributed by atoms with Gasteiger partial charge in [-0.3, -0.25) is 0 Å². The van der Waals surface area contributed by atoms with Crippen LogP contribution in [0.25, 0.3) is 0 Å². The van der Waals surface area contributed by atoms with Crippen LogP contribution in [0.2, 0.25) is 0 Å². The lowest BCUT2D eigenvalue weighted by Gasteiger charge is -2.41. The zero-order valence-corrected chi connectivity index (χ0v) is 18.4. The molecule has 2 saturated carbocycles. The van der Waals surface area contributed by atoms with Crippen LogP contribution in [-0.4, -0.2) is 22.7 Å². The van der Waals surface area contributed by atoms with Gasteiger partial charge in [0.15, 0.2) is 0 Å². The molecule has 3 atom stereocenters. The highest BCUT2D eigenvalue weighted by Crippen LogP contribution is 2.55. The minimum absolute atomic E-state index is 0.331. The minimum atomic E-state index is -0.331. The molecule has 150 valence electrons. The number of aliphatic hydroxyl groups is 1. The van der Waals surface area contributed by atoms with Crippen molar-refractivity contribution in [1.82, 2.24) is 0 Å². The van der Waals surface area contributed by atoms with E-state index in [4.69, 9.17) is 0 Å². The fraction of sp³-hybridized carbons (Fsp3) is 0.680. The Kier molecular flexibility index (Phi) is 7.14. The second-order valence-electron chi connectivity index (χ2n) is 9.39. The molecule has 1 nitrogen and oxygen atoms in total. The average molecular weight is 387 g/mol. The number of thioether (sulfide) groups is 1. The SMILES string of the molecule is C=C1/C(=C\C=C2/CCCC3(C)C(CSCCC(C)C)=CCC23)CCC[C@@H]1O. The van der Waals surface area contributed by atoms with E-state index in [1.54, 1.807) is 11.1 Å². The van der Waals surface area contributed by atoms with Crippen molar-refractivity contribution in [1.29, 1.82) is 0 Å². The number of allylic oxidation sites excluding steroid dienone is 4. The average Bonchev–Trinajstić information content (AvgIpc) is 2.96. The Hall–Kier alpha value is -0.730. The van der Waals surface area contributed by atoms with Gasteiger partial charge in [-0.15, -0.1) is 0 Å². The van der Waals surface area contributed by atoms with E-state index in [0.717, 1.165) is 30.8 Å². The first-order valence-corrected chi connectivity index (χ1v) is 12.1. The van der Waals surface area contributed by atoms with Gasteiger partial charge in [0.2, 0.25) is 0 Å². The van der Waals surface area contributed by atoms with Gasteiger partial charge in [-0.2, -0.15) is 11.8 Å². The highest BCUT2D eigenvalue weighted by Gasteiger charge is 2.44. The van der Waals surface area contributed by atoms with E-state index in [1.165, 1.54) is 49.2 Å². The Balaban J connectivity index is 1.66. The molecule has 2 unspecified atom stereocenters. The van der Waals surface area contributed by atoms with Crippen LogP contribution < -0.4 is 0 Å². The van der Waals surface area contributed by atoms with Crippen molar-refractivity contribution in [3.8, 4) is 0 Å². The molecule has 2 fully saturated rings. The maximum absolute atomic E-state index is 10.1. The van der Waals surface area contributed by atoms with Crippen molar-refractivity contribution < 1.29 is 5.11 Å². The summed E-state index contributed by atoms with van der Waals surface area (Å²) in [5, 5.41) is 10.1. The summed E-state index contributed by atoms with van der Waals surface area (Å²) in [5.74, 6) is 4.00. The molecule has 0 radical (unpaired) electrons. The van der Waals surface area contributed by atoms with Crippen molar-refractivity contribution >= 4 is 11.8 Å². The topological polar surface area (TPSA) is 20.2 Å². The lowest BCUT2D eigenvalue weighted by atomic mass is 9.64. The molecule has 2 heteroatoms. The van der Waals surface area contributed by atoms with Crippen LogP contribution in [0.15, 0.2) is 47.1 Å². The lowest BCUT2D eigenvalue weighted by molar-refractivity contribution is 0.191. The van der Waals surface area contributed by atoms with E-state index in [2.05, 4.69) is 57.3 Å². The molecule has 0 amide bonds. The summed E-state index contributed by atoms with van der Waals surface area (Å²) in [7, 11) is 0.